The average molecular weight is 240 g/mol. The fourth-order valence-electron chi connectivity index (χ4n) is 2.45. The molecule has 0 aromatic carbocycles. The summed E-state index contributed by atoms with van der Waals surface area (Å²) in [5.41, 5.74) is 0.413. The van der Waals surface area contributed by atoms with E-state index < -0.39 is 0 Å². The van der Waals surface area contributed by atoms with Crippen LogP contribution in [0, 0.1) is 17.3 Å². The van der Waals surface area contributed by atoms with E-state index in [1.165, 1.54) is 25.9 Å². The summed E-state index contributed by atoms with van der Waals surface area (Å²) in [5, 5.41) is 3.75. The predicted octanol–water partition coefficient (Wildman–Crippen LogP) is 2.99. The van der Waals surface area contributed by atoms with E-state index in [0.717, 1.165) is 18.4 Å². The van der Waals surface area contributed by atoms with Crippen LogP contribution in [0.25, 0.3) is 0 Å². The molecule has 0 spiro atoms. The van der Waals surface area contributed by atoms with Crippen molar-refractivity contribution >= 4 is 0 Å². The van der Waals surface area contributed by atoms with Crippen molar-refractivity contribution in [1.82, 2.24) is 10.2 Å². The fraction of sp³-hybridized carbons (Fsp3) is 1.00. The maximum atomic E-state index is 3.75. The van der Waals surface area contributed by atoms with Crippen molar-refractivity contribution in [2.75, 3.05) is 26.7 Å². The normalized spacial score (nSPS) is 26.8. The Bertz CT molecular complexity index is 219. The molecule has 0 amide bonds. The molecule has 0 aromatic heterocycles. The van der Waals surface area contributed by atoms with Gasteiger partial charge in [0.05, 0.1) is 0 Å². The van der Waals surface area contributed by atoms with Gasteiger partial charge in [0, 0.05) is 12.6 Å². The van der Waals surface area contributed by atoms with Crippen LogP contribution in [-0.4, -0.2) is 37.6 Å². The Morgan fingerprint density at radius 3 is 2.47 bits per heavy atom. The minimum absolute atomic E-state index is 0.413. The Labute approximate surface area is 108 Å². The van der Waals surface area contributed by atoms with Gasteiger partial charge in [-0.25, -0.2) is 0 Å². The molecule has 1 aliphatic rings. The van der Waals surface area contributed by atoms with Crippen molar-refractivity contribution in [2.24, 2.45) is 17.3 Å². The molecule has 3 atom stereocenters. The molecule has 17 heavy (non-hydrogen) atoms. The highest BCUT2D eigenvalue weighted by atomic mass is 15.1. The third kappa shape index (κ3) is 4.97. The van der Waals surface area contributed by atoms with Gasteiger partial charge < -0.3 is 10.2 Å². The molecule has 0 saturated carbocycles. The third-order valence-electron chi connectivity index (χ3n) is 4.59. The molecule has 2 nitrogen and oxygen atoms in total. The molecule has 0 aromatic rings. The first kappa shape index (κ1) is 15.0. The quantitative estimate of drug-likeness (QED) is 0.812. The summed E-state index contributed by atoms with van der Waals surface area (Å²) < 4.78 is 0. The van der Waals surface area contributed by atoms with E-state index in [1.807, 2.05) is 0 Å². The van der Waals surface area contributed by atoms with Crippen LogP contribution in [0.1, 0.15) is 47.5 Å². The van der Waals surface area contributed by atoms with Gasteiger partial charge in [-0.1, -0.05) is 27.7 Å². The van der Waals surface area contributed by atoms with Crippen molar-refractivity contribution in [1.29, 1.82) is 0 Å². The van der Waals surface area contributed by atoms with Gasteiger partial charge >= 0.3 is 0 Å². The molecule has 0 aliphatic carbocycles. The van der Waals surface area contributed by atoms with E-state index in [1.54, 1.807) is 0 Å². The highest BCUT2D eigenvalue weighted by Gasteiger charge is 2.25. The van der Waals surface area contributed by atoms with Crippen LogP contribution < -0.4 is 5.32 Å². The second-order valence-corrected chi connectivity index (χ2v) is 7.13. The molecular formula is C15H32N2. The van der Waals surface area contributed by atoms with E-state index in [4.69, 9.17) is 0 Å². The fourth-order valence-corrected chi connectivity index (χ4v) is 2.45. The summed E-state index contributed by atoms with van der Waals surface area (Å²) in [6.45, 7) is 15.4. The van der Waals surface area contributed by atoms with Crippen molar-refractivity contribution < 1.29 is 0 Å². The van der Waals surface area contributed by atoms with Crippen LogP contribution >= 0.6 is 0 Å². The molecule has 1 aliphatic heterocycles. The Balaban J connectivity index is 2.31. The molecule has 1 saturated heterocycles. The molecule has 2 heteroatoms. The van der Waals surface area contributed by atoms with Gasteiger partial charge in [0.15, 0.2) is 0 Å². The lowest BCUT2D eigenvalue weighted by Crippen LogP contribution is -2.45. The van der Waals surface area contributed by atoms with Crippen LogP contribution in [0.5, 0.6) is 0 Å². The maximum absolute atomic E-state index is 3.75. The molecule has 0 bridgehead atoms. The minimum Gasteiger partial charge on any atom is -0.314 e. The number of nitrogens with one attached hydrogen (secondary N) is 1. The SMILES string of the molecule is CC(NCC(C)C(C)(C)C)C1CCCN(C)C1. The van der Waals surface area contributed by atoms with Crippen molar-refractivity contribution in [2.45, 2.75) is 53.5 Å². The second-order valence-electron chi connectivity index (χ2n) is 7.13. The highest BCUT2D eigenvalue weighted by Crippen LogP contribution is 2.25. The summed E-state index contributed by atoms with van der Waals surface area (Å²) >= 11 is 0. The first-order valence-electron chi connectivity index (χ1n) is 7.22. The first-order chi connectivity index (χ1) is 7.80. The van der Waals surface area contributed by atoms with Crippen LogP contribution in [-0.2, 0) is 0 Å². The van der Waals surface area contributed by atoms with E-state index in [9.17, 15) is 0 Å². The lowest BCUT2D eigenvalue weighted by molar-refractivity contribution is 0.168. The first-order valence-corrected chi connectivity index (χ1v) is 7.22. The highest BCUT2D eigenvalue weighted by molar-refractivity contribution is 4.81. The topological polar surface area (TPSA) is 15.3 Å². The molecular weight excluding hydrogens is 208 g/mol. The van der Waals surface area contributed by atoms with Gasteiger partial charge in [-0.05, 0) is 57.2 Å². The predicted molar refractivity (Wildman–Crippen MR) is 76.3 cm³/mol. The Kier molecular flexibility index (Phi) is 5.46. The number of nitrogens with zero attached hydrogens (tertiary/aromatic N) is 1. The van der Waals surface area contributed by atoms with E-state index in [-0.39, 0.29) is 0 Å². The summed E-state index contributed by atoms with van der Waals surface area (Å²) in [5.74, 6) is 1.56. The summed E-state index contributed by atoms with van der Waals surface area (Å²) in [6.07, 6.45) is 2.75. The van der Waals surface area contributed by atoms with Crippen LogP contribution in [0.15, 0.2) is 0 Å². The van der Waals surface area contributed by atoms with E-state index >= 15 is 0 Å². The zero-order valence-electron chi connectivity index (χ0n) is 12.7. The number of hydrogen-bond acceptors (Lipinski definition) is 2. The van der Waals surface area contributed by atoms with Crippen molar-refractivity contribution in [3.8, 4) is 0 Å². The Hall–Kier alpha value is -0.0800. The zero-order valence-corrected chi connectivity index (χ0v) is 12.7. The monoisotopic (exact) mass is 240 g/mol. The summed E-state index contributed by atoms with van der Waals surface area (Å²) in [6, 6.07) is 0.655. The van der Waals surface area contributed by atoms with Gasteiger partial charge in [-0.15, -0.1) is 0 Å². The van der Waals surface area contributed by atoms with E-state index in [0.29, 0.717) is 11.5 Å². The smallest absolute Gasteiger partial charge is 0.00793 e. The number of likely N-dealkylation sites (tertiary alicyclic amines) is 1. The number of rotatable bonds is 4. The Morgan fingerprint density at radius 2 is 1.94 bits per heavy atom. The zero-order chi connectivity index (χ0) is 13.1. The molecule has 1 heterocycles. The summed E-state index contributed by atoms with van der Waals surface area (Å²) in [7, 11) is 2.25. The lowest BCUT2D eigenvalue weighted by atomic mass is 9.81. The molecule has 1 rings (SSSR count). The number of hydrogen-bond donors (Lipinski definition) is 1. The standard InChI is InChI=1S/C15H32N2/c1-12(15(3,4)5)10-16-13(2)14-8-7-9-17(6)11-14/h12-14,16H,7-11H2,1-6H3. The lowest BCUT2D eigenvalue weighted by Gasteiger charge is -2.35. The molecule has 3 unspecified atom stereocenters. The second kappa shape index (κ2) is 6.19. The van der Waals surface area contributed by atoms with Gasteiger partial charge in [-0.3, -0.25) is 0 Å². The Morgan fingerprint density at radius 1 is 1.29 bits per heavy atom. The van der Waals surface area contributed by atoms with Gasteiger partial charge in [0.25, 0.3) is 0 Å². The average Bonchev–Trinajstić information content (AvgIpc) is 2.24. The largest absolute Gasteiger partial charge is 0.314 e. The van der Waals surface area contributed by atoms with Gasteiger partial charge in [0.1, 0.15) is 0 Å². The molecule has 102 valence electrons. The minimum atomic E-state index is 0.413. The van der Waals surface area contributed by atoms with Crippen molar-refractivity contribution in [3.63, 3.8) is 0 Å². The maximum Gasteiger partial charge on any atom is 0.00793 e. The summed E-state index contributed by atoms with van der Waals surface area (Å²) in [4.78, 5) is 2.47. The third-order valence-corrected chi connectivity index (χ3v) is 4.59. The van der Waals surface area contributed by atoms with Crippen LogP contribution in [0.4, 0.5) is 0 Å². The van der Waals surface area contributed by atoms with Crippen molar-refractivity contribution in [3.05, 3.63) is 0 Å². The van der Waals surface area contributed by atoms with Gasteiger partial charge in [0.2, 0.25) is 0 Å². The molecule has 1 N–H and O–H groups in total. The molecule has 1 fully saturated rings. The van der Waals surface area contributed by atoms with Crippen LogP contribution in [0.2, 0.25) is 0 Å². The van der Waals surface area contributed by atoms with E-state index in [2.05, 4.69) is 51.9 Å². The van der Waals surface area contributed by atoms with Crippen LogP contribution in [0.3, 0.4) is 0 Å². The molecule has 0 radical (unpaired) electrons. The number of piperidine rings is 1. The van der Waals surface area contributed by atoms with Gasteiger partial charge in [-0.2, -0.15) is 0 Å².